The zero-order chi connectivity index (χ0) is 18.1. The van der Waals surface area contributed by atoms with Gasteiger partial charge in [0.2, 0.25) is 0 Å². The fraction of sp³-hybridized carbons (Fsp3) is 0.188. The molecule has 0 saturated carbocycles. The molecular weight excluding hydrogens is 340 g/mol. The van der Waals surface area contributed by atoms with Crippen molar-refractivity contribution >= 4 is 21.7 Å². The standard InChI is InChI=1S/C16H15F2NO4S/c1-9(2)12-5-3-10(16(20)21)7-15(12)24(22,23)19-14-8-11(17)4-6-13(14)18/h3-9,19H,1-2H3,(H,20,21). The summed E-state index contributed by atoms with van der Waals surface area (Å²) in [6.07, 6.45) is 0. The zero-order valence-corrected chi connectivity index (χ0v) is 13.7. The number of halogens is 2. The predicted octanol–water partition coefficient (Wildman–Crippen LogP) is 3.59. The monoisotopic (exact) mass is 355 g/mol. The first-order valence-corrected chi connectivity index (χ1v) is 8.45. The molecule has 2 aromatic rings. The Kier molecular flexibility index (Phi) is 4.88. The van der Waals surface area contributed by atoms with E-state index in [-0.39, 0.29) is 16.4 Å². The molecule has 0 heterocycles. The molecular formula is C16H15F2NO4S. The lowest BCUT2D eigenvalue weighted by Crippen LogP contribution is -2.17. The van der Waals surface area contributed by atoms with E-state index in [2.05, 4.69) is 0 Å². The third-order valence-corrected chi connectivity index (χ3v) is 4.77. The predicted molar refractivity (Wildman–Crippen MR) is 84.7 cm³/mol. The topological polar surface area (TPSA) is 83.5 Å². The van der Waals surface area contributed by atoms with Crippen LogP contribution in [0, 0.1) is 11.6 Å². The van der Waals surface area contributed by atoms with Gasteiger partial charge in [0.15, 0.2) is 0 Å². The molecule has 8 heteroatoms. The summed E-state index contributed by atoms with van der Waals surface area (Å²) in [4.78, 5) is 10.8. The number of anilines is 1. The molecule has 0 atom stereocenters. The maximum Gasteiger partial charge on any atom is 0.335 e. The first kappa shape index (κ1) is 17.9. The van der Waals surface area contributed by atoms with E-state index < -0.39 is 33.3 Å². The molecule has 0 fully saturated rings. The number of nitrogens with one attached hydrogen (secondary N) is 1. The largest absolute Gasteiger partial charge is 0.478 e. The van der Waals surface area contributed by atoms with Crippen molar-refractivity contribution in [3.63, 3.8) is 0 Å². The molecule has 0 spiro atoms. The first-order chi connectivity index (χ1) is 11.1. The molecule has 0 aliphatic carbocycles. The van der Waals surface area contributed by atoms with Crippen molar-refractivity contribution in [2.45, 2.75) is 24.7 Å². The molecule has 2 aromatic carbocycles. The Morgan fingerprint density at radius 2 is 1.79 bits per heavy atom. The van der Waals surface area contributed by atoms with Crippen LogP contribution in [-0.4, -0.2) is 19.5 Å². The minimum Gasteiger partial charge on any atom is -0.478 e. The molecule has 0 aromatic heterocycles. The summed E-state index contributed by atoms with van der Waals surface area (Å²) in [5, 5.41) is 9.05. The van der Waals surface area contributed by atoms with E-state index >= 15 is 0 Å². The van der Waals surface area contributed by atoms with Gasteiger partial charge in [0, 0.05) is 6.07 Å². The number of benzene rings is 2. The number of hydrogen-bond donors (Lipinski definition) is 2. The van der Waals surface area contributed by atoms with Crippen LogP contribution in [0.3, 0.4) is 0 Å². The van der Waals surface area contributed by atoms with Crippen molar-refractivity contribution in [2.24, 2.45) is 0 Å². The molecule has 128 valence electrons. The second-order valence-electron chi connectivity index (χ2n) is 5.44. The van der Waals surface area contributed by atoms with Gasteiger partial charge in [0.05, 0.1) is 16.1 Å². The van der Waals surface area contributed by atoms with Gasteiger partial charge in [0.25, 0.3) is 10.0 Å². The van der Waals surface area contributed by atoms with Crippen molar-refractivity contribution in [1.29, 1.82) is 0 Å². The van der Waals surface area contributed by atoms with E-state index in [4.69, 9.17) is 5.11 Å². The smallest absolute Gasteiger partial charge is 0.335 e. The highest BCUT2D eigenvalue weighted by molar-refractivity contribution is 7.92. The second-order valence-corrected chi connectivity index (χ2v) is 7.09. The van der Waals surface area contributed by atoms with Crippen LogP contribution >= 0.6 is 0 Å². The third kappa shape index (κ3) is 3.70. The number of rotatable bonds is 5. The zero-order valence-electron chi connectivity index (χ0n) is 12.9. The number of sulfonamides is 1. The van der Waals surface area contributed by atoms with Crippen molar-refractivity contribution < 1.29 is 27.1 Å². The van der Waals surface area contributed by atoms with Gasteiger partial charge in [-0.05, 0) is 35.7 Å². The highest BCUT2D eigenvalue weighted by Crippen LogP contribution is 2.28. The summed E-state index contributed by atoms with van der Waals surface area (Å²) in [5.74, 6) is -3.27. The second kappa shape index (κ2) is 6.56. The summed E-state index contributed by atoms with van der Waals surface area (Å²) in [6.45, 7) is 3.47. The number of carboxylic acids is 1. The number of aromatic carboxylic acids is 1. The summed E-state index contributed by atoms with van der Waals surface area (Å²) < 4.78 is 54.0. The van der Waals surface area contributed by atoms with Gasteiger partial charge in [0.1, 0.15) is 11.6 Å². The van der Waals surface area contributed by atoms with Crippen molar-refractivity contribution in [3.05, 3.63) is 59.2 Å². The van der Waals surface area contributed by atoms with Gasteiger partial charge in [-0.1, -0.05) is 19.9 Å². The van der Waals surface area contributed by atoms with Crippen LogP contribution in [0.15, 0.2) is 41.3 Å². The fourth-order valence-electron chi connectivity index (χ4n) is 2.15. The van der Waals surface area contributed by atoms with Crippen molar-refractivity contribution in [2.75, 3.05) is 4.72 Å². The van der Waals surface area contributed by atoms with Crippen LogP contribution in [0.4, 0.5) is 14.5 Å². The SMILES string of the molecule is CC(C)c1ccc(C(=O)O)cc1S(=O)(=O)Nc1cc(F)ccc1F. The Morgan fingerprint density at radius 3 is 2.38 bits per heavy atom. The Hall–Kier alpha value is -2.48. The Bertz CT molecular complexity index is 895. The molecule has 0 unspecified atom stereocenters. The van der Waals surface area contributed by atoms with E-state index in [1.165, 1.54) is 12.1 Å². The Balaban J connectivity index is 2.57. The molecule has 0 aliphatic heterocycles. The summed E-state index contributed by atoms with van der Waals surface area (Å²) >= 11 is 0. The maximum absolute atomic E-state index is 13.7. The highest BCUT2D eigenvalue weighted by atomic mass is 32.2. The molecule has 24 heavy (non-hydrogen) atoms. The highest BCUT2D eigenvalue weighted by Gasteiger charge is 2.23. The van der Waals surface area contributed by atoms with Gasteiger partial charge in [-0.3, -0.25) is 4.72 Å². The Labute approximate surface area is 138 Å². The lowest BCUT2D eigenvalue weighted by Gasteiger charge is -2.15. The average molecular weight is 355 g/mol. The fourth-order valence-corrected chi connectivity index (χ4v) is 3.60. The Morgan fingerprint density at radius 1 is 1.12 bits per heavy atom. The number of carboxylic acid groups (broad SMARTS) is 1. The molecule has 2 N–H and O–H groups in total. The van der Waals surface area contributed by atoms with Gasteiger partial charge in [-0.25, -0.2) is 22.0 Å². The summed E-state index contributed by atoms with van der Waals surface area (Å²) in [5.41, 5.74) is -0.408. The summed E-state index contributed by atoms with van der Waals surface area (Å²) in [6, 6.07) is 6.05. The van der Waals surface area contributed by atoms with Crippen LogP contribution in [0.5, 0.6) is 0 Å². The lowest BCUT2D eigenvalue weighted by molar-refractivity contribution is 0.0696. The van der Waals surface area contributed by atoms with Crippen molar-refractivity contribution in [1.82, 2.24) is 0 Å². The average Bonchev–Trinajstić information content (AvgIpc) is 2.50. The lowest BCUT2D eigenvalue weighted by atomic mass is 10.0. The van der Waals surface area contributed by atoms with E-state index in [1.807, 2.05) is 4.72 Å². The number of hydrogen-bond acceptors (Lipinski definition) is 3. The van der Waals surface area contributed by atoms with Crippen LogP contribution in [0.1, 0.15) is 35.7 Å². The molecule has 0 bridgehead atoms. The van der Waals surface area contributed by atoms with Gasteiger partial charge in [-0.2, -0.15) is 0 Å². The molecule has 0 saturated heterocycles. The van der Waals surface area contributed by atoms with E-state index in [0.29, 0.717) is 11.6 Å². The van der Waals surface area contributed by atoms with Gasteiger partial charge >= 0.3 is 5.97 Å². The minimum absolute atomic E-state index is 0.223. The minimum atomic E-state index is -4.30. The van der Waals surface area contributed by atoms with E-state index in [1.54, 1.807) is 13.8 Å². The molecule has 0 aliphatic rings. The van der Waals surface area contributed by atoms with Gasteiger partial charge < -0.3 is 5.11 Å². The van der Waals surface area contributed by atoms with Crippen LogP contribution in [-0.2, 0) is 10.0 Å². The molecule has 5 nitrogen and oxygen atoms in total. The van der Waals surface area contributed by atoms with Crippen LogP contribution in [0.2, 0.25) is 0 Å². The van der Waals surface area contributed by atoms with Gasteiger partial charge in [-0.15, -0.1) is 0 Å². The normalized spacial score (nSPS) is 11.5. The quantitative estimate of drug-likeness (QED) is 0.859. The number of carbonyl (C=O) groups is 1. The summed E-state index contributed by atoms with van der Waals surface area (Å²) in [7, 11) is -4.30. The van der Waals surface area contributed by atoms with Crippen LogP contribution < -0.4 is 4.72 Å². The maximum atomic E-state index is 13.7. The van der Waals surface area contributed by atoms with E-state index in [9.17, 15) is 22.0 Å². The molecule has 0 amide bonds. The molecule has 0 radical (unpaired) electrons. The first-order valence-electron chi connectivity index (χ1n) is 6.97. The molecule has 2 rings (SSSR count). The van der Waals surface area contributed by atoms with Crippen molar-refractivity contribution in [3.8, 4) is 0 Å². The third-order valence-electron chi connectivity index (χ3n) is 3.34. The van der Waals surface area contributed by atoms with E-state index in [0.717, 1.165) is 18.2 Å². The van der Waals surface area contributed by atoms with Crippen LogP contribution in [0.25, 0.3) is 0 Å².